The zero-order chi connectivity index (χ0) is 18.7. The predicted octanol–water partition coefficient (Wildman–Crippen LogP) is 2.49. The third-order valence-electron chi connectivity index (χ3n) is 4.08. The molecule has 0 spiro atoms. The number of aromatic nitrogens is 2. The van der Waals surface area contributed by atoms with E-state index in [-0.39, 0.29) is 23.8 Å². The summed E-state index contributed by atoms with van der Waals surface area (Å²) in [5.74, 6) is 0.0139. The molecule has 0 unspecified atom stereocenters. The van der Waals surface area contributed by atoms with Gasteiger partial charge in [0.1, 0.15) is 0 Å². The molecule has 0 bridgehead atoms. The zero-order valence-electron chi connectivity index (χ0n) is 14.5. The monoisotopic (exact) mass is 372 g/mol. The largest absolute Gasteiger partial charge is 0.324 e. The highest BCUT2D eigenvalue weighted by atomic mass is 32.2. The second-order valence-corrected chi connectivity index (χ2v) is 7.81. The number of anilines is 1. The number of aromatic amines is 1. The van der Waals surface area contributed by atoms with Crippen molar-refractivity contribution < 1.29 is 13.2 Å². The first-order valence-electron chi connectivity index (χ1n) is 8.17. The number of amides is 1. The smallest absolute Gasteiger partial charge is 0.240 e. The number of carbonyl (C=O) groups is 1. The highest BCUT2D eigenvalue weighted by Gasteiger charge is 2.15. The molecule has 26 heavy (non-hydrogen) atoms. The molecule has 3 rings (SSSR count). The molecule has 1 heterocycles. The normalized spacial score (nSPS) is 11.6. The first-order valence-corrected chi connectivity index (χ1v) is 9.65. The first-order chi connectivity index (χ1) is 12.3. The molecule has 8 heteroatoms. The van der Waals surface area contributed by atoms with E-state index >= 15 is 0 Å². The quantitative estimate of drug-likeness (QED) is 0.618. The maximum absolute atomic E-state index is 12.3. The molecule has 0 radical (unpaired) electrons. The van der Waals surface area contributed by atoms with Crippen molar-refractivity contribution in [3.8, 4) is 0 Å². The van der Waals surface area contributed by atoms with E-state index < -0.39 is 10.0 Å². The van der Waals surface area contributed by atoms with Crippen molar-refractivity contribution >= 4 is 32.9 Å². The molecule has 0 aliphatic heterocycles. The number of nitrogens with one attached hydrogen (secondary N) is 3. The van der Waals surface area contributed by atoms with E-state index in [2.05, 4.69) is 20.0 Å². The van der Waals surface area contributed by atoms with Crippen LogP contribution in [0.4, 0.5) is 5.95 Å². The van der Waals surface area contributed by atoms with Crippen LogP contribution >= 0.6 is 0 Å². The van der Waals surface area contributed by atoms with Crippen LogP contribution in [0.2, 0.25) is 0 Å². The van der Waals surface area contributed by atoms with Gasteiger partial charge in [0, 0.05) is 13.0 Å². The number of carbonyl (C=O) groups excluding carboxylic acids is 1. The minimum atomic E-state index is -3.64. The number of sulfonamides is 1. The van der Waals surface area contributed by atoms with Crippen molar-refractivity contribution in [2.45, 2.75) is 25.2 Å². The summed E-state index contributed by atoms with van der Waals surface area (Å²) >= 11 is 0. The number of H-pyrrole nitrogens is 1. The van der Waals surface area contributed by atoms with E-state index in [1.165, 1.54) is 0 Å². The predicted molar refractivity (Wildman–Crippen MR) is 100 cm³/mol. The lowest BCUT2D eigenvalue weighted by atomic mass is 10.1. The Labute approximate surface area is 151 Å². The van der Waals surface area contributed by atoms with Crippen molar-refractivity contribution in [2.24, 2.45) is 0 Å². The number of aryl methyl sites for hydroxylation is 2. The van der Waals surface area contributed by atoms with Crippen LogP contribution in [-0.4, -0.2) is 30.8 Å². The molecule has 3 N–H and O–H groups in total. The van der Waals surface area contributed by atoms with Gasteiger partial charge in [0.05, 0.1) is 15.9 Å². The lowest BCUT2D eigenvalue weighted by Crippen LogP contribution is -2.28. The van der Waals surface area contributed by atoms with E-state index in [9.17, 15) is 13.2 Å². The lowest BCUT2D eigenvalue weighted by Gasteiger charge is -2.08. The molecule has 0 saturated carbocycles. The van der Waals surface area contributed by atoms with Gasteiger partial charge in [-0.1, -0.05) is 18.2 Å². The van der Waals surface area contributed by atoms with Crippen LogP contribution in [0, 0.1) is 13.8 Å². The Morgan fingerprint density at radius 2 is 1.88 bits per heavy atom. The highest BCUT2D eigenvalue weighted by Crippen LogP contribution is 2.15. The molecule has 136 valence electrons. The molecule has 3 aromatic rings. The number of para-hydroxylation sites is 2. The number of nitrogens with zero attached hydrogens (tertiary/aromatic N) is 1. The maximum Gasteiger partial charge on any atom is 0.240 e. The average Bonchev–Trinajstić information content (AvgIpc) is 2.99. The lowest BCUT2D eigenvalue weighted by molar-refractivity contribution is -0.116. The molecular formula is C18H20N4O3S. The van der Waals surface area contributed by atoms with E-state index in [1.54, 1.807) is 18.2 Å². The van der Waals surface area contributed by atoms with Crippen molar-refractivity contribution in [3.05, 3.63) is 53.6 Å². The Kier molecular flexibility index (Phi) is 5.06. The van der Waals surface area contributed by atoms with Gasteiger partial charge in [-0.15, -0.1) is 0 Å². The molecule has 1 amide bonds. The maximum atomic E-state index is 12.3. The first kappa shape index (κ1) is 18.1. The summed E-state index contributed by atoms with van der Waals surface area (Å²) in [6.45, 7) is 3.78. The summed E-state index contributed by atoms with van der Waals surface area (Å²) in [5.41, 5.74) is 3.49. The Bertz CT molecular complexity index is 1020. The summed E-state index contributed by atoms with van der Waals surface area (Å²) in [6, 6.07) is 12.3. The van der Waals surface area contributed by atoms with Gasteiger partial charge in [-0.2, -0.15) is 0 Å². The second kappa shape index (κ2) is 7.27. The van der Waals surface area contributed by atoms with Crippen LogP contribution in [0.25, 0.3) is 11.0 Å². The van der Waals surface area contributed by atoms with Gasteiger partial charge in [0.25, 0.3) is 0 Å². The number of rotatable bonds is 6. The fraction of sp³-hybridized carbons (Fsp3) is 0.222. The topological polar surface area (TPSA) is 104 Å². The van der Waals surface area contributed by atoms with Gasteiger partial charge in [-0.3, -0.25) is 10.1 Å². The van der Waals surface area contributed by atoms with Crippen molar-refractivity contribution in [1.82, 2.24) is 14.7 Å². The summed E-state index contributed by atoms with van der Waals surface area (Å²) in [5, 5.41) is 2.63. The molecule has 0 atom stereocenters. The third-order valence-corrected chi connectivity index (χ3v) is 5.54. The average molecular weight is 372 g/mol. The van der Waals surface area contributed by atoms with Gasteiger partial charge < -0.3 is 4.98 Å². The molecule has 7 nitrogen and oxygen atoms in total. The van der Waals surface area contributed by atoms with Gasteiger partial charge in [-0.25, -0.2) is 18.1 Å². The third kappa shape index (κ3) is 4.09. The van der Waals surface area contributed by atoms with Crippen LogP contribution in [0.3, 0.4) is 0 Å². The summed E-state index contributed by atoms with van der Waals surface area (Å²) < 4.78 is 27.0. The van der Waals surface area contributed by atoms with Crippen molar-refractivity contribution in [3.63, 3.8) is 0 Å². The molecular weight excluding hydrogens is 352 g/mol. The van der Waals surface area contributed by atoms with Gasteiger partial charge >= 0.3 is 0 Å². The van der Waals surface area contributed by atoms with Crippen molar-refractivity contribution in [1.29, 1.82) is 0 Å². The number of imidazole rings is 1. The van der Waals surface area contributed by atoms with Crippen LogP contribution in [0.15, 0.2) is 47.4 Å². The van der Waals surface area contributed by atoms with E-state index in [4.69, 9.17) is 0 Å². The van der Waals surface area contributed by atoms with Crippen molar-refractivity contribution in [2.75, 3.05) is 11.9 Å². The Morgan fingerprint density at radius 3 is 2.62 bits per heavy atom. The Balaban J connectivity index is 1.56. The minimum Gasteiger partial charge on any atom is -0.324 e. The van der Waals surface area contributed by atoms with Gasteiger partial charge in [-0.05, 0) is 49.2 Å². The fourth-order valence-corrected chi connectivity index (χ4v) is 3.59. The highest BCUT2D eigenvalue weighted by molar-refractivity contribution is 7.89. The number of hydrogen-bond acceptors (Lipinski definition) is 4. The van der Waals surface area contributed by atoms with E-state index in [0.29, 0.717) is 5.95 Å². The summed E-state index contributed by atoms with van der Waals surface area (Å²) in [7, 11) is -3.64. The molecule has 2 aromatic carbocycles. The fourth-order valence-electron chi connectivity index (χ4n) is 2.47. The number of fused-ring (bicyclic) bond motifs is 1. The standard InChI is InChI=1S/C18H20N4O3S/c1-12-7-8-14(11-13(12)2)26(24,25)19-10-9-17(23)22-18-20-15-5-3-4-6-16(15)21-18/h3-8,11,19H,9-10H2,1-2H3,(H2,20,21,22,23). The number of hydrogen-bond donors (Lipinski definition) is 3. The van der Waals surface area contributed by atoms with Crippen LogP contribution in [-0.2, 0) is 14.8 Å². The minimum absolute atomic E-state index is 0.00111. The van der Waals surface area contributed by atoms with E-state index in [0.717, 1.165) is 22.2 Å². The molecule has 0 saturated heterocycles. The molecule has 0 aliphatic rings. The molecule has 0 aliphatic carbocycles. The van der Waals surface area contributed by atoms with Crippen LogP contribution in [0.5, 0.6) is 0 Å². The van der Waals surface area contributed by atoms with E-state index in [1.807, 2.05) is 38.1 Å². The Morgan fingerprint density at radius 1 is 1.12 bits per heavy atom. The molecule has 1 aromatic heterocycles. The van der Waals surface area contributed by atoms with Gasteiger partial charge in [0.15, 0.2) is 0 Å². The summed E-state index contributed by atoms with van der Waals surface area (Å²) in [4.78, 5) is 19.4. The zero-order valence-corrected chi connectivity index (χ0v) is 15.4. The SMILES string of the molecule is Cc1ccc(S(=O)(=O)NCCC(=O)Nc2nc3ccccc3[nH]2)cc1C. The van der Waals surface area contributed by atoms with Crippen LogP contribution < -0.4 is 10.0 Å². The van der Waals surface area contributed by atoms with Gasteiger partial charge in [0.2, 0.25) is 21.9 Å². The number of benzene rings is 2. The second-order valence-electron chi connectivity index (χ2n) is 6.04. The summed E-state index contributed by atoms with van der Waals surface area (Å²) in [6.07, 6.45) is 0.00111. The Hall–Kier alpha value is -2.71. The molecule has 0 fully saturated rings. The van der Waals surface area contributed by atoms with Crippen LogP contribution in [0.1, 0.15) is 17.5 Å².